The van der Waals surface area contributed by atoms with Gasteiger partial charge < -0.3 is 5.11 Å². The maximum Gasteiger partial charge on any atom is 0.124 e. The Bertz CT molecular complexity index is 549. The average Bonchev–Trinajstić information content (AvgIpc) is 2.38. The summed E-state index contributed by atoms with van der Waals surface area (Å²) in [6.45, 7) is 1.92. The van der Waals surface area contributed by atoms with Gasteiger partial charge in [-0.05, 0) is 36.8 Å². The van der Waals surface area contributed by atoms with E-state index in [1.54, 1.807) is 36.5 Å². The standard InChI is InChI=1S/C15H14FNO/c1-11(12-6-8-14(16)9-7-12)17-10-13-4-2-3-5-15(13)18/h2-11,18H,1H3. The number of para-hydroxylation sites is 1. The number of nitrogens with zero attached hydrogens (tertiary/aromatic N) is 1. The highest BCUT2D eigenvalue weighted by atomic mass is 19.1. The first-order valence-electron chi connectivity index (χ1n) is 5.73. The fraction of sp³-hybridized carbons (Fsp3) is 0.133. The molecule has 18 heavy (non-hydrogen) atoms. The third-order valence-corrected chi connectivity index (χ3v) is 2.73. The fourth-order valence-corrected chi connectivity index (χ4v) is 1.62. The van der Waals surface area contributed by atoms with Gasteiger partial charge in [-0.2, -0.15) is 0 Å². The van der Waals surface area contributed by atoms with E-state index in [0.29, 0.717) is 5.56 Å². The Morgan fingerprint density at radius 2 is 1.78 bits per heavy atom. The van der Waals surface area contributed by atoms with Crippen LogP contribution in [0.3, 0.4) is 0 Å². The van der Waals surface area contributed by atoms with Crippen LogP contribution >= 0.6 is 0 Å². The van der Waals surface area contributed by atoms with Crippen molar-refractivity contribution < 1.29 is 9.50 Å². The second-order valence-electron chi connectivity index (χ2n) is 4.06. The summed E-state index contributed by atoms with van der Waals surface area (Å²) in [6, 6.07) is 13.2. The summed E-state index contributed by atoms with van der Waals surface area (Å²) in [5.74, 6) is -0.0526. The summed E-state index contributed by atoms with van der Waals surface area (Å²) in [4.78, 5) is 4.35. The van der Waals surface area contributed by atoms with Gasteiger partial charge in [0.15, 0.2) is 0 Å². The van der Waals surface area contributed by atoms with Crippen molar-refractivity contribution in [1.82, 2.24) is 0 Å². The van der Waals surface area contributed by atoms with Gasteiger partial charge in [0.1, 0.15) is 11.6 Å². The van der Waals surface area contributed by atoms with Crippen LogP contribution in [0.25, 0.3) is 0 Å². The average molecular weight is 243 g/mol. The lowest BCUT2D eigenvalue weighted by molar-refractivity contribution is 0.474. The first-order valence-corrected chi connectivity index (χ1v) is 5.73. The topological polar surface area (TPSA) is 32.6 Å². The number of phenols is 1. The van der Waals surface area contributed by atoms with Crippen LogP contribution in [-0.4, -0.2) is 11.3 Å². The van der Waals surface area contributed by atoms with E-state index in [1.165, 1.54) is 12.1 Å². The zero-order chi connectivity index (χ0) is 13.0. The molecule has 0 bridgehead atoms. The number of hydrogen-bond donors (Lipinski definition) is 1. The van der Waals surface area contributed by atoms with Gasteiger partial charge in [-0.25, -0.2) is 4.39 Å². The van der Waals surface area contributed by atoms with E-state index in [9.17, 15) is 9.50 Å². The molecule has 0 aliphatic rings. The molecule has 2 nitrogen and oxygen atoms in total. The van der Waals surface area contributed by atoms with E-state index in [1.807, 2.05) is 13.0 Å². The van der Waals surface area contributed by atoms with Crippen LogP contribution in [0.4, 0.5) is 4.39 Å². The Labute approximate surface area is 105 Å². The molecule has 0 radical (unpaired) electrons. The van der Waals surface area contributed by atoms with Crippen molar-refractivity contribution in [2.24, 2.45) is 4.99 Å². The predicted octanol–water partition coefficient (Wildman–Crippen LogP) is 3.71. The second kappa shape index (κ2) is 5.45. The van der Waals surface area contributed by atoms with Crippen LogP contribution in [0.15, 0.2) is 53.5 Å². The molecule has 1 unspecified atom stereocenters. The summed E-state index contributed by atoms with van der Waals surface area (Å²) in [5, 5.41) is 9.59. The van der Waals surface area contributed by atoms with Crippen LogP contribution in [0.5, 0.6) is 5.75 Å². The van der Waals surface area contributed by atoms with Crippen molar-refractivity contribution in [2.45, 2.75) is 13.0 Å². The van der Waals surface area contributed by atoms with Gasteiger partial charge in [-0.3, -0.25) is 4.99 Å². The monoisotopic (exact) mass is 243 g/mol. The summed E-state index contributed by atoms with van der Waals surface area (Å²) in [6.07, 6.45) is 1.63. The molecular formula is C15H14FNO. The zero-order valence-electron chi connectivity index (χ0n) is 10.0. The van der Waals surface area contributed by atoms with Crippen LogP contribution in [0, 0.1) is 5.82 Å². The minimum atomic E-state index is -0.254. The van der Waals surface area contributed by atoms with E-state index in [0.717, 1.165) is 5.56 Å². The molecule has 1 atom stereocenters. The minimum Gasteiger partial charge on any atom is -0.507 e. The molecule has 0 aromatic heterocycles. The van der Waals surface area contributed by atoms with Crippen molar-refractivity contribution >= 4 is 6.21 Å². The molecular weight excluding hydrogens is 229 g/mol. The number of phenolic OH excluding ortho intramolecular Hbond substituents is 1. The van der Waals surface area contributed by atoms with Gasteiger partial charge in [0.05, 0.1) is 6.04 Å². The summed E-state index contributed by atoms with van der Waals surface area (Å²) in [5.41, 5.74) is 1.61. The number of aromatic hydroxyl groups is 1. The lowest BCUT2D eigenvalue weighted by Gasteiger charge is -2.06. The number of halogens is 1. The maximum atomic E-state index is 12.8. The largest absolute Gasteiger partial charge is 0.507 e. The first kappa shape index (κ1) is 12.3. The molecule has 0 fully saturated rings. The maximum absolute atomic E-state index is 12.8. The van der Waals surface area contributed by atoms with Gasteiger partial charge >= 0.3 is 0 Å². The summed E-state index contributed by atoms with van der Waals surface area (Å²) < 4.78 is 12.8. The minimum absolute atomic E-state index is 0.0785. The molecule has 1 N–H and O–H groups in total. The summed E-state index contributed by atoms with van der Waals surface area (Å²) in [7, 11) is 0. The number of benzene rings is 2. The Kier molecular flexibility index (Phi) is 3.72. The molecule has 2 aromatic carbocycles. The Morgan fingerprint density at radius 3 is 2.44 bits per heavy atom. The molecule has 2 aromatic rings. The van der Waals surface area contributed by atoms with Crippen LogP contribution in [0.1, 0.15) is 24.1 Å². The lowest BCUT2D eigenvalue weighted by atomic mass is 10.1. The SMILES string of the molecule is CC(N=Cc1ccccc1O)c1ccc(F)cc1. The van der Waals surface area contributed by atoms with Crippen LogP contribution in [0.2, 0.25) is 0 Å². The first-order chi connectivity index (χ1) is 8.66. The number of rotatable bonds is 3. The molecule has 0 saturated carbocycles. The quantitative estimate of drug-likeness (QED) is 0.819. The van der Waals surface area contributed by atoms with Crippen molar-refractivity contribution in [3.8, 4) is 5.75 Å². The molecule has 0 saturated heterocycles. The molecule has 0 heterocycles. The van der Waals surface area contributed by atoms with Gasteiger partial charge in [0.2, 0.25) is 0 Å². The van der Waals surface area contributed by atoms with E-state index in [2.05, 4.69) is 4.99 Å². The molecule has 0 spiro atoms. The summed E-state index contributed by atoms with van der Waals surface area (Å²) >= 11 is 0. The highest BCUT2D eigenvalue weighted by molar-refractivity contribution is 5.83. The number of aliphatic imine (C=N–C) groups is 1. The third kappa shape index (κ3) is 2.94. The molecule has 2 rings (SSSR count). The smallest absolute Gasteiger partial charge is 0.124 e. The van der Waals surface area contributed by atoms with Gasteiger partial charge in [0.25, 0.3) is 0 Å². The Morgan fingerprint density at radius 1 is 1.11 bits per heavy atom. The molecule has 92 valence electrons. The highest BCUT2D eigenvalue weighted by Crippen LogP contribution is 2.18. The van der Waals surface area contributed by atoms with Crippen molar-refractivity contribution in [3.05, 3.63) is 65.5 Å². The van der Waals surface area contributed by atoms with E-state index < -0.39 is 0 Å². The van der Waals surface area contributed by atoms with E-state index in [4.69, 9.17) is 0 Å². The van der Waals surface area contributed by atoms with Crippen molar-refractivity contribution in [2.75, 3.05) is 0 Å². The second-order valence-corrected chi connectivity index (χ2v) is 4.06. The predicted molar refractivity (Wildman–Crippen MR) is 70.5 cm³/mol. The van der Waals surface area contributed by atoms with Crippen molar-refractivity contribution in [3.63, 3.8) is 0 Å². The fourth-order valence-electron chi connectivity index (χ4n) is 1.62. The zero-order valence-corrected chi connectivity index (χ0v) is 10.0. The molecule has 0 amide bonds. The van der Waals surface area contributed by atoms with Gasteiger partial charge in [-0.15, -0.1) is 0 Å². The number of hydrogen-bond acceptors (Lipinski definition) is 2. The van der Waals surface area contributed by atoms with E-state index >= 15 is 0 Å². The van der Waals surface area contributed by atoms with Crippen LogP contribution in [-0.2, 0) is 0 Å². The lowest BCUT2D eigenvalue weighted by Crippen LogP contribution is -1.91. The van der Waals surface area contributed by atoms with Gasteiger partial charge in [-0.1, -0.05) is 24.3 Å². The third-order valence-electron chi connectivity index (χ3n) is 2.73. The van der Waals surface area contributed by atoms with Crippen LogP contribution < -0.4 is 0 Å². The highest BCUT2D eigenvalue weighted by Gasteiger charge is 2.03. The molecule has 3 heteroatoms. The molecule has 0 aliphatic heterocycles. The normalized spacial score (nSPS) is 12.8. The van der Waals surface area contributed by atoms with E-state index in [-0.39, 0.29) is 17.6 Å². The Hall–Kier alpha value is -2.16. The molecule has 0 aliphatic carbocycles. The van der Waals surface area contributed by atoms with Crippen molar-refractivity contribution in [1.29, 1.82) is 0 Å². The van der Waals surface area contributed by atoms with Gasteiger partial charge in [0, 0.05) is 11.8 Å². The Balaban J connectivity index is 2.14.